The molecule has 1 saturated heterocycles. The Morgan fingerprint density at radius 3 is 2.59 bits per heavy atom. The molecule has 0 spiro atoms. The minimum Gasteiger partial charge on any atom is -0.497 e. The minimum absolute atomic E-state index is 0.0722. The Bertz CT molecular complexity index is 1240. The molecule has 0 N–H and O–H groups in total. The molecule has 0 aromatic heterocycles. The van der Waals surface area contributed by atoms with Gasteiger partial charge in [0, 0.05) is 51.2 Å². The molecule has 11 nitrogen and oxygen atoms in total. The second kappa shape index (κ2) is 11.9. The van der Waals surface area contributed by atoms with Crippen LogP contribution in [0.1, 0.15) is 30.5 Å². The Morgan fingerprint density at radius 2 is 1.85 bits per heavy atom. The van der Waals surface area contributed by atoms with Gasteiger partial charge in [-0.25, -0.2) is 5.01 Å². The van der Waals surface area contributed by atoms with Crippen molar-refractivity contribution in [2.45, 2.75) is 19.4 Å². The molecule has 2 amide bonds. The molecule has 208 valence electrons. The van der Waals surface area contributed by atoms with Crippen molar-refractivity contribution in [2.75, 3.05) is 67.0 Å². The van der Waals surface area contributed by atoms with Crippen LogP contribution in [-0.2, 0) is 14.3 Å². The zero-order valence-corrected chi connectivity index (χ0v) is 22.6. The molecule has 39 heavy (non-hydrogen) atoms. The van der Waals surface area contributed by atoms with Gasteiger partial charge >= 0.3 is 0 Å². The summed E-state index contributed by atoms with van der Waals surface area (Å²) in [6.07, 6.45) is 0.460. The van der Waals surface area contributed by atoms with Gasteiger partial charge in [-0.05, 0) is 29.8 Å². The van der Waals surface area contributed by atoms with Crippen molar-refractivity contribution in [1.29, 1.82) is 0 Å². The minimum atomic E-state index is -0.387. The predicted octanol–water partition coefficient (Wildman–Crippen LogP) is 2.29. The molecular weight excluding hydrogens is 504 g/mol. The number of morpholine rings is 1. The van der Waals surface area contributed by atoms with E-state index in [2.05, 4.69) is 4.90 Å². The van der Waals surface area contributed by atoms with E-state index in [4.69, 9.17) is 28.8 Å². The second-order valence-corrected chi connectivity index (χ2v) is 9.58. The lowest BCUT2D eigenvalue weighted by Crippen LogP contribution is -2.45. The molecule has 1 atom stereocenters. The maximum atomic E-state index is 13.7. The predicted molar refractivity (Wildman–Crippen MR) is 142 cm³/mol. The molecule has 1 unspecified atom stereocenters. The van der Waals surface area contributed by atoms with Crippen molar-refractivity contribution < 1.29 is 33.3 Å². The highest BCUT2D eigenvalue weighted by molar-refractivity contribution is 6.05. The fourth-order valence-electron chi connectivity index (χ4n) is 4.99. The van der Waals surface area contributed by atoms with Crippen molar-refractivity contribution >= 4 is 17.5 Å². The molecule has 1 fully saturated rings. The van der Waals surface area contributed by atoms with Crippen LogP contribution in [-0.4, -0.2) is 99.3 Å². The first-order chi connectivity index (χ1) is 19.0. The molecular formula is C28H34N4O7. The topological polar surface area (TPSA) is 102 Å². The summed E-state index contributed by atoms with van der Waals surface area (Å²) in [5.74, 6) is 2.13. The van der Waals surface area contributed by atoms with Crippen molar-refractivity contribution in [3.8, 4) is 23.0 Å². The highest BCUT2D eigenvalue weighted by Crippen LogP contribution is 2.40. The Morgan fingerprint density at radius 1 is 1.05 bits per heavy atom. The summed E-state index contributed by atoms with van der Waals surface area (Å²) in [5.41, 5.74) is 2.34. The Labute approximate surface area is 227 Å². The Hall–Kier alpha value is -3.83. The lowest BCUT2D eigenvalue weighted by atomic mass is 9.97. The maximum absolute atomic E-state index is 13.7. The number of amides is 2. The first-order valence-electron chi connectivity index (χ1n) is 13.0. The fraction of sp³-hybridized carbons (Fsp3) is 0.464. The van der Waals surface area contributed by atoms with E-state index in [9.17, 15) is 9.59 Å². The quantitative estimate of drug-likeness (QED) is 0.479. The molecule has 11 heteroatoms. The maximum Gasteiger partial charge on any atom is 0.262 e. The number of hydrogen-bond donors (Lipinski definition) is 0. The summed E-state index contributed by atoms with van der Waals surface area (Å²) in [5, 5.41) is 6.27. The molecule has 0 aliphatic carbocycles. The van der Waals surface area contributed by atoms with E-state index in [-0.39, 0.29) is 31.2 Å². The van der Waals surface area contributed by atoms with Crippen LogP contribution < -0.4 is 18.9 Å². The van der Waals surface area contributed by atoms with E-state index >= 15 is 0 Å². The smallest absolute Gasteiger partial charge is 0.262 e. The number of fused-ring (bicyclic) bond motifs is 1. The third-order valence-corrected chi connectivity index (χ3v) is 7.23. The summed E-state index contributed by atoms with van der Waals surface area (Å²) in [6.45, 7) is 5.69. The number of hydrogen-bond acceptors (Lipinski definition) is 9. The summed E-state index contributed by atoms with van der Waals surface area (Å²) in [6, 6.07) is 10.8. The molecule has 2 aromatic rings. The van der Waals surface area contributed by atoms with Crippen LogP contribution in [0.3, 0.4) is 0 Å². The van der Waals surface area contributed by atoms with E-state index in [1.54, 1.807) is 25.2 Å². The SMILES string of the molecule is COc1ccc(C2=NN(C(=O)CN(CCN3CCOCC3)C(C)=O)C(c3ccc4c(c3)OCO4)C2)c(OC)c1. The van der Waals surface area contributed by atoms with Gasteiger partial charge in [-0.3, -0.25) is 14.5 Å². The van der Waals surface area contributed by atoms with E-state index in [0.29, 0.717) is 61.4 Å². The summed E-state index contributed by atoms with van der Waals surface area (Å²) < 4.78 is 27.4. The van der Waals surface area contributed by atoms with Gasteiger partial charge in [0.1, 0.15) is 18.0 Å². The highest BCUT2D eigenvalue weighted by atomic mass is 16.7. The summed E-state index contributed by atoms with van der Waals surface area (Å²) in [7, 11) is 3.18. The average molecular weight is 539 g/mol. The average Bonchev–Trinajstić information content (AvgIpc) is 3.62. The van der Waals surface area contributed by atoms with Gasteiger partial charge in [0.2, 0.25) is 12.7 Å². The van der Waals surface area contributed by atoms with Crippen LogP contribution in [0.2, 0.25) is 0 Å². The van der Waals surface area contributed by atoms with Gasteiger partial charge < -0.3 is 28.6 Å². The van der Waals surface area contributed by atoms with Gasteiger partial charge in [-0.15, -0.1) is 0 Å². The van der Waals surface area contributed by atoms with Gasteiger partial charge in [0.25, 0.3) is 5.91 Å². The largest absolute Gasteiger partial charge is 0.497 e. The second-order valence-electron chi connectivity index (χ2n) is 9.58. The van der Waals surface area contributed by atoms with E-state index < -0.39 is 0 Å². The zero-order valence-electron chi connectivity index (χ0n) is 22.6. The number of methoxy groups -OCH3 is 2. The van der Waals surface area contributed by atoms with Crippen LogP contribution in [0.4, 0.5) is 0 Å². The van der Waals surface area contributed by atoms with Crippen molar-refractivity contribution in [3.63, 3.8) is 0 Å². The van der Waals surface area contributed by atoms with E-state index in [1.807, 2.05) is 30.3 Å². The first-order valence-corrected chi connectivity index (χ1v) is 13.0. The Kier molecular flexibility index (Phi) is 8.18. The normalized spacial score (nSPS) is 18.6. The number of ether oxygens (including phenoxy) is 5. The number of nitrogens with zero attached hydrogens (tertiary/aromatic N) is 4. The Balaban J connectivity index is 1.40. The van der Waals surface area contributed by atoms with Crippen LogP contribution in [0.25, 0.3) is 0 Å². The van der Waals surface area contributed by atoms with Crippen molar-refractivity contribution in [3.05, 3.63) is 47.5 Å². The van der Waals surface area contributed by atoms with Gasteiger partial charge in [-0.2, -0.15) is 5.10 Å². The lowest BCUT2D eigenvalue weighted by molar-refractivity contribution is -0.140. The van der Waals surface area contributed by atoms with Crippen LogP contribution in [0, 0.1) is 0 Å². The number of carbonyl (C=O) groups excluding carboxylic acids is 2. The molecule has 3 aliphatic rings. The molecule has 3 aliphatic heterocycles. The summed E-state index contributed by atoms with van der Waals surface area (Å²) >= 11 is 0. The molecule has 0 saturated carbocycles. The van der Waals surface area contributed by atoms with Gasteiger partial charge in [0.05, 0.1) is 39.2 Å². The van der Waals surface area contributed by atoms with Crippen LogP contribution >= 0.6 is 0 Å². The van der Waals surface area contributed by atoms with E-state index in [1.165, 1.54) is 11.9 Å². The molecule has 2 aromatic carbocycles. The summed E-state index contributed by atoms with van der Waals surface area (Å²) in [4.78, 5) is 30.1. The van der Waals surface area contributed by atoms with Gasteiger partial charge in [0.15, 0.2) is 11.5 Å². The van der Waals surface area contributed by atoms with Crippen LogP contribution in [0.15, 0.2) is 41.5 Å². The number of carbonyl (C=O) groups is 2. The number of hydrazone groups is 1. The fourth-order valence-corrected chi connectivity index (χ4v) is 4.99. The molecule has 3 heterocycles. The van der Waals surface area contributed by atoms with E-state index in [0.717, 1.165) is 24.2 Å². The molecule has 0 bridgehead atoms. The molecule has 0 radical (unpaired) electrons. The molecule has 5 rings (SSSR count). The third-order valence-electron chi connectivity index (χ3n) is 7.23. The van der Waals surface area contributed by atoms with Gasteiger partial charge in [-0.1, -0.05) is 6.07 Å². The van der Waals surface area contributed by atoms with Crippen molar-refractivity contribution in [2.24, 2.45) is 5.10 Å². The number of benzene rings is 2. The zero-order chi connectivity index (χ0) is 27.4. The van der Waals surface area contributed by atoms with Crippen LogP contribution in [0.5, 0.6) is 23.0 Å². The highest BCUT2D eigenvalue weighted by Gasteiger charge is 2.36. The third kappa shape index (κ3) is 5.94. The first kappa shape index (κ1) is 26.8. The monoisotopic (exact) mass is 538 g/mol. The lowest BCUT2D eigenvalue weighted by Gasteiger charge is -2.30. The number of rotatable bonds is 9. The van der Waals surface area contributed by atoms with Crippen molar-refractivity contribution in [1.82, 2.24) is 14.8 Å². The standard InChI is InChI=1S/C28H34N4O7/c1-19(33)31(9-8-30-10-12-37-13-11-30)17-28(34)32-24(20-4-7-25-27(14-20)39-18-38-25)16-23(29-32)22-6-5-21(35-2)15-26(22)36-3/h4-7,14-15,24H,8-13,16-18H2,1-3H3.